The van der Waals surface area contributed by atoms with E-state index < -0.39 is 0 Å². The Morgan fingerprint density at radius 2 is 2.16 bits per heavy atom. The summed E-state index contributed by atoms with van der Waals surface area (Å²) in [4.78, 5) is 6.83. The summed E-state index contributed by atoms with van der Waals surface area (Å²) < 4.78 is 5.66. The van der Waals surface area contributed by atoms with E-state index in [2.05, 4.69) is 22.1 Å². The summed E-state index contributed by atoms with van der Waals surface area (Å²) in [5.41, 5.74) is 0. The SMILES string of the molecule is CCCNC1CCN(c2ncccc2OCC)CC1. The molecule has 1 aliphatic heterocycles. The summed E-state index contributed by atoms with van der Waals surface area (Å²) in [5.74, 6) is 1.91. The second-order valence-electron chi connectivity index (χ2n) is 4.97. The first kappa shape index (κ1) is 14.1. The molecule has 4 heteroatoms. The molecule has 1 N–H and O–H groups in total. The average molecular weight is 263 g/mol. The highest BCUT2D eigenvalue weighted by Gasteiger charge is 2.21. The molecule has 2 rings (SSSR count). The predicted octanol–water partition coefficient (Wildman–Crippen LogP) is 2.45. The van der Waals surface area contributed by atoms with Gasteiger partial charge < -0.3 is 15.0 Å². The Balaban J connectivity index is 1.93. The quantitative estimate of drug-likeness (QED) is 0.855. The highest BCUT2D eigenvalue weighted by atomic mass is 16.5. The molecule has 106 valence electrons. The van der Waals surface area contributed by atoms with Crippen LogP contribution in [0.1, 0.15) is 33.1 Å². The Labute approximate surface area is 116 Å². The van der Waals surface area contributed by atoms with Crippen LogP contribution in [0.25, 0.3) is 0 Å². The molecule has 0 radical (unpaired) electrons. The van der Waals surface area contributed by atoms with Crippen molar-refractivity contribution in [3.05, 3.63) is 18.3 Å². The van der Waals surface area contributed by atoms with Gasteiger partial charge in [0.1, 0.15) is 0 Å². The van der Waals surface area contributed by atoms with Gasteiger partial charge in [0.05, 0.1) is 6.61 Å². The maximum Gasteiger partial charge on any atom is 0.171 e. The molecule has 0 saturated carbocycles. The van der Waals surface area contributed by atoms with Gasteiger partial charge in [0.2, 0.25) is 0 Å². The summed E-state index contributed by atoms with van der Waals surface area (Å²) >= 11 is 0. The maximum absolute atomic E-state index is 5.66. The molecule has 2 heterocycles. The molecule has 1 aliphatic rings. The molecule has 0 unspecified atom stereocenters. The molecule has 0 aliphatic carbocycles. The fraction of sp³-hybridized carbons (Fsp3) is 0.667. The molecular weight excluding hydrogens is 238 g/mol. The second kappa shape index (κ2) is 7.34. The van der Waals surface area contributed by atoms with Crippen LogP contribution in [0.2, 0.25) is 0 Å². The molecule has 0 atom stereocenters. The molecule has 4 nitrogen and oxygen atoms in total. The number of rotatable bonds is 6. The van der Waals surface area contributed by atoms with Crippen LogP contribution in [-0.2, 0) is 0 Å². The predicted molar refractivity (Wildman–Crippen MR) is 78.9 cm³/mol. The zero-order valence-corrected chi connectivity index (χ0v) is 12.1. The van der Waals surface area contributed by atoms with Gasteiger partial charge in [0, 0.05) is 25.3 Å². The van der Waals surface area contributed by atoms with Gasteiger partial charge in [-0.15, -0.1) is 0 Å². The minimum absolute atomic E-state index is 0.662. The number of ether oxygens (including phenoxy) is 1. The first-order valence-electron chi connectivity index (χ1n) is 7.41. The first-order chi connectivity index (χ1) is 9.35. The van der Waals surface area contributed by atoms with Gasteiger partial charge >= 0.3 is 0 Å². The van der Waals surface area contributed by atoms with Crippen molar-refractivity contribution < 1.29 is 4.74 Å². The molecule has 1 aromatic heterocycles. The Bertz CT molecular complexity index is 375. The van der Waals surface area contributed by atoms with Gasteiger partial charge in [-0.05, 0) is 44.9 Å². The number of hydrogen-bond donors (Lipinski definition) is 1. The first-order valence-corrected chi connectivity index (χ1v) is 7.41. The number of pyridine rings is 1. The lowest BCUT2D eigenvalue weighted by atomic mass is 10.0. The van der Waals surface area contributed by atoms with E-state index in [1.54, 1.807) is 0 Å². The van der Waals surface area contributed by atoms with Gasteiger partial charge in [0.25, 0.3) is 0 Å². The largest absolute Gasteiger partial charge is 0.490 e. The smallest absolute Gasteiger partial charge is 0.171 e. The normalized spacial score (nSPS) is 16.6. The molecule has 0 spiro atoms. The van der Waals surface area contributed by atoms with Crippen molar-refractivity contribution in [2.45, 2.75) is 39.2 Å². The minimum atomic E-state index is 0.662. The Morgan fingerprint density at radius 3 is 2.84 bits per heavy atom. The third-order valence-electron chi connectivity index (χ3n) is 3.53. The number of piperidine rings is 1. The van der Waals surface area contributed by atoms with Crippen molar-refractivity contribution in [1.29, 1.82) is 0 Å². The fourth-order valence-corrected chi connectivity index (χ4v) is 2.53. The van der Waals surface area contributed by atoms with E-state index in [9.17, 15) is 0 Å². The van der Waals surface area contributed by atoms with E-state index in [-0.39, 0.29) is 0 Å². The second-order valence-corrected chi connectivity index (χ2v) is 4.97. The van der Waals surface area contributed by atoms with Gasteiger partial charge in [-0.25, -0.2) is 4.98 Å². The fourth-order valence-electron chi connectivity index (χ4n) is 2.53. The monoisotopic (exact) mass is 263 g/mol. The van der Waals surface area contributed by atoms with Crippen LogP contribution in [0, 0.1) is 0 Å². The third kappa shape index (κ3) is 3.83. The lowest BCUT2D eigenvalue weighted by Gasteiger charge is -2.33. The van der Waals surface area contributed by atoms with Crippen molar-refractivity contribution in [2.24, 2.45) is 0 Å². The zero-order chi connectivity index (χ0) is 13.5. The summed E-state index contributed by atoms with van der Waals surface area (Å²) in [5, 5.41) is 3.60. The number of nitrogens with one attached hydrogen (secondary N) is 1. The van der Waals surface area contributed by atoms with Crippen LogP contribution in [0.5, 0.6) is 5.75 Å². The zero-order valence-electron chi connectivity index (χ0n) is 12.1. The van der Waals surface area contributed by atoms with Crippen LogP contribution < -0.4 is 15.0 Å². The number of nitrogens with zero attached hydrogens (tertiary/aromatic N) is 2. The van der Waals surface area contributed by atoms with E-state index in [4.69, 9.17) is 4.74 Å². The molecule has 19 heavy (non-hydrogen) atoms. The lowest BCUT2D eigenvalue weighted by Crippen LogP contribution is -2.43. The summed E-state index contributed by atoms with van der Waals surface area (Å²) in [6, 6.07) is 4.60. The molecule has 0 amide bonds. The van der Waals surface area contributed by atoms with Crippen molar-refractivity contribution in [1.82, 2.24) is 10.3 Å². The Hall–Kier alpha value is -1.29. The Morgan fingerprint density at radius 1 is 1.37 bits per heavy atom. The van der Waals surface area contributed by atoms with Crippen LogP contribution in [-0.4, -0.2) is 37.3 Å². The highest BCUT2D eigenvalue weighted by Crippen LogP contribution is 2.27. The summed E-state index contributed by atoms with van der Waals surface area (Å²) in [6.07, 6.45) is 5.42. The van der Waals surface area contributed by atoms with Crippen LogP contribution in [0.15, 0.2) is 18.3 Å². The topological polar surface area (TPSA) is 37.4 Å². The van der Waals surface area contributed by atoms with Crippen molar-refractivity contribution in [3.63, 3.8) is 0 Å². The lowest BCUT2D eigenvalue weighted by molar-refractivity contribution is 0.336. The van der Waals surface area contributed by atoms with Crippen molar-refractivity contribution >= 4 is 5.82 Å². The highest BCUT2D eigenvalue weighted by molar-refractivity contribution is 5.52. The number of anilines is 1. The van der Waals surface area contributed by atoms with Gasteiger partial charge in [-0.1, -0.05) is 6.92 Å². The summed E-state index contributed by atoms with van der Waals surface area (Å²) in [6.45, 7) is 8.14. The standard InChI is InChI=1S/C15H25N3O/c1-3-9-16-13-7-11-18(12-8-13)15-14(19-4-2)6-5-10-17-15/h5-6,10,13,16H,3-4,7-9,11-12H2,1-2H3. The van der Waals surface area contributed by atoms with E-state index in [0.29, 0.717) is 12.6 Å². The molecule has 0 bridgehead atoms. The van der Waals surface area contributed by atoms with Crippen molar-refractivity contribution in [3.8, 4) is 5.75 Å². The molecule has 1 saturated heterocycles. The molecule has 1 fully saturated rings. The molecule has 1 aromatic rings. The van der Waals surface area contributed by atoms with E-state index in [1.807, 2.05) is 25.3 Å². The molecule has 0 aromatic carbocycles. The third-order valence-corrected chi connectivity index (χ3v) is 3.53. The van der Waals surface area contributed by atoms with Crippen LogP contribution in [0.4, 0.5) is 5.82 Å². The summed E-state index contributed by atoms with van der Waals surface area (Å²) in [7, 11) is 0. The average Bonchev–Trinajstić information content (AvgIpc) is 2.47. The van der Waals surface area contributed by atoms with E-state index in [0.717, 1.165) is 31.2 Å². The van der Waals surface area contributed by atoms with E-state index in [1.165, 1.54) is 19.3 Å². The van der Waals surface area contributed by atoms with Crippen LogP contribution >= 0.6 is 0 Å². The Kier molecular flexibility index (Phi) is 5.45. The van der Waals surface area contributed by atoms with Crippen LogP contribution in [0.3, 0.4) is 0 Å². The van der Waals surface area contributed by atoms with Gasteiger partial charge in [-0.2, -0.15) is 0 Å². The van der Waals surface area contributed by atoms with Gasteiger partial charge in [0.15, 0.2) is 11.6 Å². The van der Waals surface area contributed by atoms with Gasteiger partial charge in [-0.3, -0.25) is 0 Å². The molecular formula is C15H25N3O. The minimum Gasteiger partial charge on any atom is -0.490 e. The van der Waals surface area contributed by atoms with Crippen molar-refractivity contribution in [2.75, 3.05) is 31.1 Å². The van der Waals surface area contributed by atoms with E-state index >= 15 is 0 Å². The number of hydrogen-bond acceptors (Lipinski definition) is 4. The number of aromatic nitrogens is 1. The maximum atomic E-state index is 5.66.